The highest BCUT2D eigenvalue weighted by molar-refractivity contribution is 5.85. The van der Waals surface area contributed by atoms with Gasteiger partial charge in [-0.1, -0.05) is 0 Å². The van der Waals surface area contributed by atoms with Crippen molar-refractivity contribution in [3.63, 3.8) is 0 Å². The van der Waals surface area contributed by atoms with Gasteiger partial charge in [-0.15, -0.1) is 12.4 Å². The Labute approximate surface area is 85.4 Å². The van der Waals surface area contributed by atoms with Crippen LogP contribution >= 0.6 is 12.4 Å². The lowest BCUT2D eigenvalue weighted by Crippen LogP contribution is -2.47. The first-order chi connectivity index (χ1) is 5.62. The van der Waals surface area contributed by atoms with Crippen LogP contribution in [0, 0.1) is 0 Å². The largest absolute Gasteiger partial charge is 0.348 e. The van der Waals surface area contributed by atoms with E-state index in [1.54, 1.807) is 0 Å². The Morgan fingerprint density at radius 3 is 1.92 bits per heavy atom. The van der Waals surface area contributed by atoms with Crippen LogP contribution in [-0.4, -0.2) is 24.5 Å². The molecule has 1 spiro atoms. The lowest BCUT2D eigenvalue weighted by molar-refractivity contribution is -0.183. The molecule has 0 radical (unpaired) electrons. The maximum absolute atomic E-state index is 6.02. The minimum Gasteiger partial charge on any atom is -0.348 e. The van der Waals surface area contributed by atoms with Gasteiger partial charge in [0.25, 0.3) is 0 Å². The Bertz CT molecular complexity index is 166. The van der Waals surface area contributed by atoms with Gasteiger partial charge in [-0.25, -0.2) is 0 Å². The van der Waals surface area contributed by atoms with Gasteiger partial charge in [-0.2, -0.15) is 0 Å². The van der Waals surface area contributed by atoms with Crippen molar-refractivity contribution in [2.24, 2.45) is 5.73 Å². The first-order valence-corrected chi connectivity index (χ1v) is 4.69. The molecule has 1 heterocycles. The van der Waals surface area contributed by atoms with Crippen molar-refractivity contribution in [2.75, 3.05) is 13.2 Å². The quantitative estimate of drug-likeness (QED) is 0.654. The summed E-state index contributed by atoms with van der Waals surface area (Å²) >= 11 is 0. The van der Waals surface area contributed by atoms with E-state index in [4.69, 9.17) is 15.2 Å². The van der Waals surface area contributed by atoms with Crippen molar-refractivity contribution >= 4 is 12.4 Å². The molecule has 0 atom stereocenters. The molecular formula is C9H18ClNO2. The fourth-order valence-electron chi connectivity index (χ4n) is 1.99. The molecule has 2 rings (SSSR count). The first kappa shape index (κ1) is 11.2. The van der Waals surface area contributed by atoms with Crippen LogP contribution in [0.1, 0.15) is 32.6 Å². The lowest BCUT2D eigenvalue weighted by atomic mass is 9.81. The summed E-state index contributed by atoms with van der Waals surface area (Å²) in [5.41, 5.74) is 6.02. The highest BCUT2D eigenvalue weighted by Crippen LogP contribution is 2.38. The normalized spacial score (nSPS) is 30.0. The Balaban J connectivity index is 0.000000845. The van der Waals surface area contributed by atoms with E-state index in [0.29, 0.717) is 0 Å². The molecular weight excluding hydrogens is 190 g/mol. The van der Waals surface area contributed by atoms with Crippen LogP contribution in [0.5, 0.6) is 0 Å². The van der Waals surface area contributed by atoms with Gasteiger partial charge in [0, 0.05) is 18.4 Å². The van der Waals surface area contributed by atoms with Gasteiger partial charge in [-0.3, -0.25) is 0 Å². The van der Waals surface area contributed by atoms with E-state index in [9.17, 15) is 0 Å². The molecule has 1 aliphatic carbocycles. The summed E-state index contributed by atoms with van der Waals surface area (Å²) in [6, 6.07) is 0. The summed E-state index contributed by atoms with van der Waals surface area (Å²) in [4.78, 5) is 0. The van der Waals surface area contributed by atoms with Gasteiger partial charge in [-0.05, 0) is 19.8 Å². The third-order valence-corrected chi connectivity index (χ3v) is 2.97. The summed E-state index contributed by atoms with van der Waals surface area (Å²) in [6.45, 7) is 3.61. The summed E-state index contributed by atoms with van der Waals surface area (Å²) in [7, 11) is 0. The van der Waals surface area contributed by atoms with Crippen LogP contribution < -0.4 is 5.73 Å². The maximum Gasteiger partial charge on any atom is 0.168 e. The van der Waals surface area contributed by atoms with Gasteiger partial charge in [0.1, 0.15) is 0 Å². The molecule has 1 saturated carbocycles. The molecule has 0 aromatic heterocycles. The summed E-state index contributed by atoms with van der Waals surface area (Å²) in [5.74, 6) is -0.251. The standard InChI is InChI=1S/C9H17NO2.ClH/c1-8(10)2-4-9(5-3-8)11-6-7-12-9;/h2-7,10H2,1H3;1H. The molecule has 78 valence electrons. The van der Waals surface area contributed by atoms with Gasteiger partial charge >= 0.3 is 0 Å². The number of halogens is 1. The summed E-state index contributed by atoms with van der Waals surface area (Å²) < 4.78 is 11.2. The molecule has 4 heteroatoms. The second-order valence-corrected chi connectivity index (χ2v) is 4.26. The van der Waals surface area contributed by atoms with Crippen LogP contribution in [0.2, 0.25) is 0 Å². The molecule has 13 heavy (non-hydrogen) atoms. The molecule has 0 bridgehead atoms. The molecule has 0 aromatic carbocycles. The Morgan fingerprint density at radius 1 is 1.00 bits per heavy atom. The van der Waals surface area contributed by atoms with E-state index in [2.05, 4.69) is 6.92 Å². The molecule has 0 amide bonds. The molecule has 3 nitrogen and oxygen atoms in total. The fraction of sp³-hybridized carbons (Fsp3) is 1.00. The fourth-order valence-corrected chi connectivity index (χ4v) is 1.99. The molecule has 0 unspecified atom stereocenters. The monoisotopic (exact) mass is 207 g/mol. The Morgan fingerprint density at radius 2 is 1.46 bits per heavy atom. The predicted molar refractivity (Wildman–Crippen MR) is 52.9 cm³/mol. The highest BCUT2D eigenvalue weighted by Gasteiger charge is 2.42. The van der Waals surface area contributed by atoms with Crippen LogP contribution in [0.4, 0.5) is 0 Å². The van der Waals surface area contributed by atoms with Crippen molar-refractivity contribution in [2.45, 2.75) is 43.9 Å². The highest BCUT2D eigenvalue weighted by atomic mass is 35.5. The van der Waals surface area contributed by atoms with Gasteiger partial charge in [0.15, 0.2) is 5.79 Å². The van der Waals surface area contributed by atoms with E-state index < -0.39 is 0 Å². The maximum atomic E-state index is 6.02. The number of hydrogen-bond donors (Lipinski definition) is 1. The van der Waals surface area contributed by atoms with Crippen molar-refractivity contribution < 1.29 is 9.47 Å². The third kappa shape index (κ3) is 2.34. The summed E-state index contributed by atoms with van der Waals surface area (Å²) in [5, 5.41) is 0. The number of nitrogens with two attached hydrogens (primary N) is 1. The zero-order chi connectivity index (χ0) is 8.66. The minimum atomic E-state index is -0.251. The molecule has 2 aliphatic rings. The van der Waals surface area contributed by atoms with Crippen molar-refractivity contribution in [3.05, 3.63) is 0 Å². The third-order valence-electron chi connectivity index (χ3n) is 2.97. The van der Waals surface area contributed by atoms with Crippen molar-refractivity contribution in [1.29, 1.82) is 0 Å². The lowest BCUT2D eigenvalue weighted by Gasteiger charge is -2.39. The topological polar surface area (TPSA) is 44.5 Å². The first-order valence-electron chi connectivity index (χ1n) is 4.69. The van der Waals surface area contributed by atoms with Gasteiger partial charge < -0.3 is 15.2 Å². The van der Waals surface area contributed by atoms with Crippen LogP contribution in [0.25, 0.3) is 0 Å². The number of hydrogen-bond acceptors (Lipinski definition) is 3. The average molecular weight is 208 g/mol. The Kier molecular flexibility index (Phi) is 3.23. The van der Waals surface area contributed by atoms with Gasteiger partial charge in [0.2, 0.25) is 0 Å². The van der Waals surface area contributed by atoms with E-state index in [0.717, 1.165) is 38.9 Å². The molecule has 2 fully saturated rings. The van der Waals surface area contributed by atoms with Crippen LogP contribution in [0.3, 0.4) is 0 Å². The van der Waals surface area contributed by atoms with Gasteiger partial charge in [0.05, 0.1) is 13.2 Å². The van der Waals surface area contributed by atoms with Crippen LogP contribution in [-0.2, 0) is 9.47 Å². The molecule has 1 saturated heterocycles. The van der Waals surface area contributed by atoms with E-state index in [1.807, 2.05) is 0 Å². The summed E-state index contributed by atoms with van der Waals surface area (Å²) in [6.07, 6.45) is 3.93. The SMILES string of the molecule is CC1(N)CCC2(CC1)OCCO2.Cl. The Hall–Kier alpha value is 0.170. The minimum absolute atomic E-state index is 0. The zero-order valence-electron chi connectivity index (χ0n) is 8.04. The second kappa shape index (κ2) is 3.73. The number of ether oxygens (including phenoxy) is 2. The van der Waals surface area contributed by atoms with E-state index >= 15 is 0 Å². The van der Waals surface area contributed by atoms with Crippen molar-refractivity contribution in [1.82, 2.24) is 0 Å². The number of rotatable bonds is 0. The van der Waals surface area contributed by atoms with E-state index in [1.165, 1.54) is 0 Å². The average Bonchev–Trinajstić information content (AvgIpc) is 2.46. The van der Waals surface area contributed by atoms with Crippen molar-refractivity contribution in [3.8, 4) is 0 Å². The van der Waals surface area contributed by atoms with E-state index in [-0.39, 0.29) is 23.7 Å². The smallest absolute Gasteiger partial charge is 0.168 e. The van der Waals surface area contributed by atoms with Crippen LogP contribution in [0.15, 0.2) is 0 Å². The second-order valence-electron chi connectivity index (χ2n) is 4.26. The molecule has 0 aromatic rings. The molecule has 2 N–H and O–H groups in total. The molecule has 1 aliphatic heterocycles. The predicted octanol–water partition coefficient (Wildman–Crippen LogP) is 1.44. The zero-order valence-corrected chi connectivity index (χ0v) is 8.86.